The van der Waals surface area contributed by atoms with Gasteiger partial charge in [0.1, 0.15) is 0 Å². The number of benzene rings is 2. The molecule has 0 heterocycles. The van der Waals surface area contributed by atoms with Crippen molar-refractivity contribution < 1.29 is 9.59 Å². The van der Waals surface area contributed by atoms with Crippen molar-refractivity contribution in [2.45, 2.75) is 19.8 Å². The second-order valence-electron chi connectivity index (χ2n) is 5.70. The van der Waals surface area contributed by atoms with Crippen LogP contribution in [0, 0.1) is 0 Å². The molecule has 0 aliphatic carbocycles. The molecular weight excluding hydrogens is 385 g/mol. The molecule has 2 N–H and O–H groups in total. The molecule has 0 saturated heterocycles. The van der Waals surface area contributed by atoms with Crippen molar-refractivity contribution in [3.63, 3.8) is 0 Å². The molecule has 0 bridgehead atoms. The fourth-order valence-electron chi connectivity index (χ4n) is 2.06. The Bertz CT molecular complexity index is 865. The predicted molar refractivity (Wildman–Crippen MR) is 111 cm³/mol. The minimum absolute atomic E-state index is 0.0101. The average molecular weight is 404 g/mol. The highest BCUT2D eigenvalue weighted by Crippen LogP contribution is 2.25. The van der Waals surface area contributed by atoms with Crippen LogP contribution in [0.2, 0.25) is 10.0 Å². The Labute approximate surface area is 168 Å². The molecule has 0 fully saturated rings. The van der Waals surface area contributed by atoms with Crippen LogP contribution >= 0.6 is 23.2 Å². The molecule has 0 unspecified atom stereocenters. The smallest absolute Gasteiger partial charge is 0.240 e. The molecule has 27 heavy (non-hydrogen) atoms. The Morgan fingerprint density at radius 1 is 1.04 bits per heavy atom. The summed E-state index contributed by atoms with van der Waals surface area (Å²) >= 11 is 11.8. The van der Waals surface area contributed by atoms with Crippen LogP contribution in [0.5, 0.6) is 0 Å². The van der Waals surface area contributed by atoms with Crippen molar-refractivity contribution in [2.24, 2.45) is 5.10 Å². The third kappa shape index (κ3) is 7.64. The van der Waals surface area contributed by atoms with E-state index in [2.05, 4.69) is 15.8 Å². The third-order valence-corrected chi connectivity index (χ3v) is 4.01. The summed E-state index contributed by atoms with van der Waals surface area (Å²) in [6.45, 7) is 1.77. The van der Waals surface area contributed by atoms with Gasteiger partial charge in [-0.15, -0.1) is 0 Å². The number of nitrogens with zero attached hydrogens (tertiary/aromatic N) is 1. The first-order valence-electron chi connectivity index (χ1n) is 8.25. The van der Waals surface area contributed by atoms with E-state index in [0.717, 1.165) is 5.56 Å². The molecule has 0 saturated carbocycles. The van der Waals surface area contributed by atoms with Crippen LogP contribution in [0.25, 0.3) is 6.08 Å². The summed E-state index contributed by atoms with van der Waals surface area (Å²) in [4.78, 5) is 23.7. The number of amides is 2. The minimum Gasteiger partial charge on any atom is -0.325 e. The molecule has 2 amide bonds. The lowest BCUT2D eigenvalue weighted by atomic mass is 10.2. The van der Waals surface area contributed by atoms with Gasteiger partial charge in [-0.2, -0.15) is 5.10 Å². The second kappa shape index (κ2) is 10.5. The lowest BCUT2D eigenvalue weighted by molar-refractivity contribution is -0.124. The summed E-state index contributed by atoms with van der Waals surface area (Å²) < 4.78 is 0. The Balaban J connectivity index is 1.76. The zero-order valence-corrected chi connectivity index (χ0v) is 16.2. The van der Waals surface area contributed by atoms with E-state index in [1.54, 1.807) is 25.1 Å². The number of hydrogen-bond acceptors (Lipinski definition) is 3. The number of nitrogens with one attached hydrogen (secondary N) is 2. The first kappa shape index (κ1) is 20.7. The minimum atomic E-state index is -0.347. The van der Waals surface area contributed by atoms with Gasteiger partial charge in [-0.3, -0.25) is 9.59 Å². The molecule has 0 aliphatic heterocycles. The fraction of sp³-hybridized carbons (Fsp3) is 0.150. The van der Waals surface area contributed by atoms with Gasteiger partial charge >= 0.3 is 0 Å². The molecule has 2 rings (SSSR count). The van der Waals surface area contributed by atoms with E-state index in [0.29, 0.717) is 21.4 Å². The van der Waals surface area contributed by atoms with E-state index in [-0.39, 0.29) is 24.7 Å². The van der Waals surface area contributed by atoms with Crippen LogP contribution in [0.4, 0.5) is 5.69 Å². The number of carbonyl (C=O) groups excluding carboxylic acids is 2. The van der Waals surface area contributed by atoms with Crippen molar-refractivity contribution >= 4 is 52.5 Å². The summed E-state index contributed by atoms with van der Waals surface area (Å²) in [5.74, 6) is -0.668. The number of carbonyl (C=O) groups is 2. The Hall–Kier alpha value is -2.63. The predicted octanol–water partition coefficient (Wildman–Crippen LogP) is 4.92. The summed E-state index contributed by atoms with van der Waals surface area (Å²) in [5.41, 5.74) is 4.56. The van der Waals surface area contributed by atoms with Crippen LogP contribution in [0.1, 0.15) is 25.3 Å². The van der Waals surface area contributed by atoms with E-state index >= 15 is 0 Å². The summed E-state index contributed by atoms with van der Waals surface area (Å²) in [5, 5.41) is 7.44. The van der Waals surface area contributed by atoms with Crippen LogP contribution in [0.15, 0.2) is 59.7 Å². The highest BCUT2D eigenvalue weighted by molar-refractivity contribution is 6.36. The first-order valence-corrected chi connectivity index (χ1v) is 9.01. The Kier molecular flexibility index (Phi) is 8.04. The van der Waals surface area contributed by atoms with E-state index in [4.69, 9.17) is 23.2 Å². The zero-order valence-electron chi connectivity index (χ0n) is 14.7. The van der Waals surface area contributed by atoms with Crippen molar-refractivity contribution in [2.75, 3.05) is 5.32 Å². The maximum atomic E-state index is 11.9. The molecule has 5 nitrogen and oxygen atoms in total. The van der Waals surface area contributed by atoms with Crippen molar-refractivity contribution in [3.8, 4) is 0 Å². The molecule has 0 spiro atoms. The molecule has 0 aliphatic rings. The van der Waals surface area contributed by atoms with Crippen molar-refractivity contribution in [3.05, 3.63) is 70.2 Å². The van der Waals surface area contributed by atoms with Gasteiger partial charge in [0.15, 0.2) is 0 Å². The largest absolute Gasteiger partial charge is 0.325 e. The highest BCUT2D eigenvalue weighted by Gasteiger charge is 2.09. The Morgan fingerprint density at radius 3 is 2.44 bits per heavy atom. The van der Waals surface area contributed by atoms with E-state index < -0.39 is 0 Å². The van der Waals surface area contributed by atoms with Crippen LogP contribution < -0.4 is 10.7 Å². The Morgan fingerprint density at radius 2 is 1.74 bits per heavy atom. The van der Waals surface area contributed by atoms with Gasteiger partial charge in [0.05, 0.1) is 16.4 Å². The molecule has 2 aromatic rings. The number of halogens is 2. The maximum Gasteiger partial charge on any atom is 0.240 e. The van der Waals surface area contributed by atoms with Crippen molar-refractivity contribution in [1.82, 2.24) is 5.43 Å². The van der Waals surface area contributed by atoms with Gasteiger partial charge in [-0.25, -0.2) is 5.43 Å². The topological polar surface area (TPSA) is 70.6 Å². The highest BCUT2D eigenvalue weighted by atomic mass is 35.5. The van der Waals surface area contributed by atoms with Crippen LogP contribution in [-0.2, 0) is 9.59 Å². The lowest BCUT2D eigenvalue weighted by Crippen LogP contribution is -2.21. The first-order chi connectivity index (χ1) is 12.9. The molecule has 0 radical (unpaired) electrons. The van der Waals surface area contributed by atoms with Gasteiger partial charge in [0.2, 0.25) is 11.8 Å². The summed E-state index contributed by atoms with van der Waals surface area (Å²) in [6, 6.07) is 14.5. The molecule has 7 heteroatoms. The quantitative estimate of drug-likeness (QED) is 0.508. The average Bonchev–Trinajstić information content (AvgIpc) is 2.66. The molecule has 0 atom stereocenters. The number of anilines is 1. The van der Waals surface area contributed by atoms with Crippen LogP contribution in [0.3, 0.4) is 0 Å². The van der Waals surface area contributed by atoms with Crippen molar-refractivity contribution in [1.29, 1.82) is 0 Å². The van der Waals surface area contributed by atoms with E-state index in [9.17, 15) is 9.59 Å². The van der Waals surface area contributed by atoms with Gasteiger partial charge < -0.3 is 5.32 Å². The molecule has 140 valence electrons. The SMILES string of the molecule is CC(C=Cc1ccccc1)=NNC(=O)CCC(=O)Nc1ccc(Cl)cc1Cl. The van der Waals surface area contributed by atoms with Gasteiger partial charge in [0.25, 0.3) is 0 Å². The standard InChI is InChI=1S/C20H19Cl2N3O2/c1-14(7-8-15-5-3-2-4-6-15)24-25-20(27)12-11-19(26)23-18-10-9-16(21)13-17(18)22/h2-10,13H,11-12H2,1H3,(H,23,26)(H,25,27). The fourth-order valence-corrected chi connectivity index (χ4v) is 2.51. The lowest BCUT2D eigenvalue weighted by Gasteiger charge is -2.07. The van der Waals surface area contributed by atoms with E-state index in [1.807, 2.05) is 36.4 Å². The molecule has 2 aromatic carbocycles. The van der Waals surface area contributed by atoms with Crippen LogP contribution in [-0.4, -0.2) is 17.5 Å². The summed E-state index contributed by atoms with van der Waals surface area (Å²) in [7, 11) is 0. The molecular formula is C20H19Cl2N3O2. The number of rotatable bonds is 7. The maximum absolute atomic E-state index is 11.9. The van der Waals surface area contributed by atoms with Gasteiger partial charge in [-0.05, 0) is 36.8 Å². The third-order valence-electron chi connectivity index (χ3n) is 3.46. The monoisotopic (exact) mass is 403 g/mol. The molecule has 0 aromatic heterocycles. The van der Waals surface area contributed by atoms with Gasteiger partial charge in [0, 0.05) is 17.9 Å². The second-order valence-corrected chi connectivity index (χ2v) is 6.55. The number of allylic oxidation sites excluding steroid dienone is 1. The normalized spacial score (nSPS) is 11.4. The summed E-state index contributed by atoms with van der Waals surface area (Å²) in [6.07, 6.45) is 3.72. The zero-order chi connectivity index (χ0) is 19.6. The van der Waals surface area contributed by atoms with E-state index in [1.165, 1.54) is 6.07 Å². The van der Waals surface area contributed by atoms with Gasteiger partial charge in [-0.1, -0.05) is 59.6 Å². The number of hydrogen-bond donors (Lipinski definition) is 2. The number of hydrazone groups is 1.